The van der Waals surface area contributed by atoms with Gasteiger partial charge in [-0.05, 0) is 30.7 Å². The molecule has 30 heavy (non-hydrogen) atoms. The van der Waals surface area contributed by atoms with Gasteiger partial charge in [0, 0.05) is 23.3 Å². The van der Waals surface area contributed by atoms with Crippen molar-refractivity contribution in [3.63, 3.8) is 0 Å². The molecule has 1 N–H and O–H groups in total. The van der Waals surface area contributed by atoms with Crippen molar-refractivity contribution in [2.45, 2.75) is 19.2 Å². The van der Waals surface area contributed by atoms with Crippen molar-refractivity contribution in [3.05, 3.63) is 76.1 Å². The molecule has 4 nitrogen and oxygen atoms in total. The molecule has 0 aliphatic heterocycles. The molecule has 0 aliphatic rings. The molecule has 1 atom stereocenters. The lowest BCUT2D eigenvalue weighted by molar-refractivity contribution is -0.139. The third kappa shape index (κ3) is 4.67. The lowest BCUT2D eigenvalue weighted by atomic mass is 10.0. The molecule has 1 heterocycles. The van der Waals surface area contributed by atoms with Crippen LogP contribution in [-0.4, -0.2) is 10.7 Å². The molecule has 0 bridgehead atoms. The van der Waals surface area contributed by atoms with Crippen LogP contribution in [0.2, 0.25) is 0 Å². The van der Waals surface area contributed by atoms with Gasteiger partial charge in [-0.1, -0.05) is 46.3 Å². The Morgan fingerprint density at radius 2 is 1.77 bits per heavy atom. The summed E-state index contributed by atoms with van der Waals surface area (Å²) in [5, 5.41) is 2.44. The van der Waals surface area contributed by atoms with Crippen LogP contribution in [0.4, 0.5) is 28.2 Å². The van der Waals surface area contributed by atoms with Gasteiger partial charge in [0.2, 0.25) is 0 Å². The average Bonchev–Trinajstić information content (AvgIpc) is 2.95. The summed E-state index contributed by atoms with van der Waals surface area (Å²) in [5.41, 5.74) is -0.399. The van der Waals surface area contributed by atoms with Crippen LogP contribution >= 0.6 is 15.9 Å². The van der Waals surface area contributed by atoms with Crippen molar-refractivity contribution in [1.29, 1.82) is 0 Å². The molecule has 1 amide bonds. The summed E-state index contributed by atoms with van der Waals surface area (Å²) in [6.45, 7) is 1.34. The number of anilines is 1. The summed E-state index contributed by atoms with van der Waals surface area (Å²) >= 11 is 3.30. The van der Waals surface area contributed by atoms with Crippen molar-refractivity contribution in [2.75, 3.05) is 5.32 Å². The maximum Gasteiger partial charge on any atom is 0.416 e. The molecule has 0 saturated heterocycles. The van der Waals surface area contributed by atoms with Gasteiger partial charge in [0.15, 0.2) is 5.82 Å². The third-order valence-electron chi connectivity index (χ3n) is 4.48. The maximum absolute atomic E-state index is 14.5. The molecular formula is C21H17BrF4N2O2. The summed E-state index contributed by atoms with van der Waals surface area (Å²) in [4.78, 5) is 12.4. The fourth-order valence-corrected chi connectivity index (χ4v) is 3.35. The molecule has 3 rings (SSSR count). The van der Waals surface area contributed by atoms with Gasteiger partial charge in [-0.3, -0.25) is 5.32 Å². The lowest BCUT2D eigenvalue weighted by Gasteiger charge is -2.19. The maximum atomic E-state index is 14.5. The number of carbonyl (C=O) groups is 1. The van der Waals surface area contributed by atoms with E-state index in [0.29, 0.717) is 5.56 Å². The van der Waals surface area contributed by atoms with Gasteiger partial charge in [0.1, 0.15) is 11.9 Å². The number of aryl methyl sites for hydroxylation is 1. The fraction of sp³-hybridized carbons (Fsp3) is 0.190. The molecule has 0 saturated carbocycles. The Morgan fingerprint density at radius 1 is 1.13 bits per heavy atom. The summed E-state index contributed by atoms with van der Waals surface area (Å²) in [6, 6.07) is 11.6. The zero-order chi connectivity index (χ0) is 22.1. The number of rotatable bonds is 4. The van der Waals surface area contributed by atoms with E-state index in [9.17, 15) is 22.4 Å². The van der Waals surface area contributed by atoms with E-state index in [2.05, 4.69) is 21.2 Å². The first-order valence-electron chi connectivity index (χ1n) is 8.82. The number of hydrogen-bond donors (Lipinski definition) is 1. The SMILES string of the molecule is C[C@@H](OC(=O)Nc1c(-c2ccc(Br)cc2)c(F)cn1C)c1ccccc1C(F)(F)F. The van der Waals surface area contributed by atoms with Gasteiger partial charge < -0.3 is 9.30 Å². The number of carbonyl (C=O) groups excluding carboxylic acids is 1. The van der Waals surface area contributed by atoms with Gasteiger partial charge in [-0.2, -0.15) is 13.2 Å². The van der Waals surface area contributed by atoms with E-state index in [4.69, 9.17) is 4.74 Å². The van der Waals surface area contributed by atoms with Crippen molar-refractivity contribution < 1.29 is 27.1 Å². The number of nitrogens with zero attached hydrogens (tertiary/aromatic N) is 1. The number of halogens is 5. The molecule has 1 aromatic heterocycles. The average molecular weight is 485 g/mol. The van der Waals surface area contributed by atoms with Gasteiger partial charge in [-0.25, -0.2) is 9.18 Å². The summed E-state index contributed by atoms with van der Waals surface area (Å²) < 4.78 is 61.4. The highest BCUT2D eigenvalue weighted by atomic mass is 79.9. The summed E-state index contributed by atoms with van der Waals surface area (Å²) in [7, 11) is 1.53. The monoisotopic (exact) mass is 484 g/mol. The number of amides is 1. The molecule has 2 aromatic carbocycles. The normalized spacial score (nSPS) is 12.5. The first kappa shape index (κ1) is 21.9. The minimum atomic E-state index is -4.58. The zero-order valence-corrected chi connectivity index (χ0v) is 17.5. The number of alkyl halides is 3. The van der Waals surface area contributed by atoms with Gasteiger partial charge in [-0.15, -0.1) is 0 Å². The highest BCUT2D eigenvalue weighted by Gasteiger charge is 2.35. The highest BCUT2D eigenvalue weighted by molar-refractivity contribution is 9.10. The van der Waals surface area contributed by atoms with Crippen LogP contribution in [0.15, 0.2) is 59.2 Å². The van der Waals surface area contributed by atoms with Crippen LogP contribution in [0.1, 0.15) is 24.2 Å². The van der Waals surface area contributed by atoms with Crippen LogP contribution in [0.25, 0.3) is 11.1 Å². The van der Waals surface area contributed by atoms with Crippen LogP contribution in [0.5, 0.6) is 0 Å². The second kappa shape index (κ2) is 8.51. The lowest BCUT2D eigenvalue weighted by Crippen LogP contribution is -2.20. The molecule has 0 unspecified atom stereocenters. The molecule has 3 aromatic rings. The quantitative estimate of drug-likeness (QED) is 0.408. The van der Waals surface area contributed by atoms with Crippen LogP contribution < -0.4 is 5.32 Å². The Morgan fingerprint density at radius 3 is 2.40 bits per heavy atom. The molecule has 0 aliphatic carbocycles. The molecule has 0 fully saturated rings. The first-order chi connectivity index (χ1) is 14.1. The van der Waals surface area contributed by atoms with Crippen LogP contribution in [-0.2, 0) is 18.0 Å². The Labute approximate surface area is 178 Å². The van der Waals surface area contributed by atoms with E-state index in [1.54, 1.807) is 24.3 Å². The van der Waals surface area contributed by atoms with Crippen molar-refractivity contribution in [3.8, 4) is 11.1 Å². The van der Waals surface area contributed by atoms with Crippen LogP contribution in [0, 0.1) is 5.82 Å². The highest BCUT2D eigenvalue weighted by Crippen LogP contribution is 2.36. The van der Waals surface area contributed by atoms with Gasteiger partial charge in [0.25, 0.3) is 0 Å². The molecule has 0 spiro atoms. The Hall–Kier alpha value is -2.81. The van der Waals surface area contributed by atoms with Gasteiger partial charge in [0.05, 0.1) is 11.1 Å². The molecule has 0 radical (unpaired) electrons. The van der Waals surface area contributed by atoms with E-state index >= 15 is 0 Å². The smallest absolute Gasteiger partial charge is 0.416 e. The number of nitrogens with one attached hydrogen (secondary N) is 1. The minimum Gasteiger partial charge on any atom is -0.441 e. The predicted octanol–water partition coefficient (Wildman–Crippen LogP) is 6.92. The number of aromatic nitrogens is 1. The number of ether oxygens (including phenoxy) is 1. The third-order valence-corrected chi connectivity index (χ3v) is 5.01. The van der Waals surface area contributed by atoms with Gasteiger partial charge >= 0.3 is 12.3 Å². The largest absolute Gasteiger partial charge is 0.441 e. The predicted molar refractivity (Wildman–Crippen MR) is 108 cm³/mol. The Balaban J connectivity index is 1.84. The first-order valence-corrected chi connectivity index (χ1v) is 9.61. The standard InChI is InChI=1S/C21H17BrF4N2O2/c1-12(15-5-3-4-6-16(15)21(24,25)26)30-20(29)27-19-18(17(23)11-28(19)2)13-7-9-14(22)10-8-13/h3-12H,1-2H3,(H,27,29)/t12-/m1/s1. The van der Waals surface area contributed by atoms with E-state index < -0.39 is 29.8 Å². The van der Waals surface area contributed by atoms with E-state index in [1.807, 2.05) is 0 Å². The van der Waals surface area contributed by atoms with E-state index in [-0.39, 0.29) is 16.9 Å². The second-order valence-electron chi connectivity index (χ2n) is 6.58. The van der Waals surface area contributed by atoms with Crippen molar-refractivity contribution in [1.82, 2.24) is 4.57 Å². The van der Waals surface area contributed by atoms with Crippen molar-refractivity contribution in [2.24, 2.45) is 7.05 Å². The molecule has 9 heteroatoms. The van der Waals surface area contributed by atoms with E-state index in [0.717, 1.165) is 10.5 Å². The summed E-state index contributed by atoms with van der Waals surface area (Å²) in [5.74, 6) is -0.443. The summed E-state index contributed by atoms with van der Waals surface area (Å²) in [6.07, 6.45) is -5.57. The number of benzene rings is 2. The zero-order valence-electron chi connectivity index (χ0n) is 15.9. The van der Waals surface area contributed by atoms with Crippen LogP contribution in [0.3, 0.4) is 0 Å². The topological polar surface area (TPSA) is 43.3 Å². The number of hydrogen-bond acceptors (Lipinski definition) is 2. The Bertz CT molecular complexity index is 1060. The Kier molecular flexibility index (Phi) is 6.21. The molecular weight excluding hydrogens is 468 g/mol. The fourth-order valence-electron chi connectivity index (χ4n) is 3.09. The van der Waals surface area contributed by atoms with Crippen molar-refractivity contribution >= 4 is 27.8 Å². The van der Waals surface area contributed by atoms with E-state index in [1.165, 1.54) is 42.9 Å². The minimum absolute atomic E-state index is 0.121. The second-order valence-corrected chi connectivity index (χ2v) is 7.49. The molecule has 158 valence electrons.